The third-order valence-electron chi connectivity index (χ3n) is 4.56. The first-order valence-electron chi connectivity index (χ1n) is 8.92. The molecule has 2 bridgehead atoms. The predicted molar refractivity (Wildman–Crippen MR) is 102 cm³/mol. The van der Waals surface area contributed by atoms with E-state index < -0.39 is 42.9 Å². The summed E-state index contributed by atoms with van der Waals surface area (Å²) in [5.74, 6) is 4.92. The number of H-pyrrole nitrogens is 1. The van der Waals surface area contributed by atoms with Crippen molar-refractivity contribution < 1.29 is 33.0 Å². The van der Waals surface area contributed by atoms with Crippen LogP contribution in [0.2, 0.25) is 0 Å². The fourth-order valence-electron chi connectivity index (χ4n) is 3.40. The Morgan fingerprint density at radius 2 is 2.27 bits per heavy atom. The molecule has 30 heavy (non-hydrogen) atoms. The van der Waals surface area contributed by atoms with Gasteiger partial charge in [0, 0.05) is 26.9 Å². The molecule has 3 heterocycles. The van der Waals surface area contributed by atoms with Gasteiger partial charge in [0.1, 0.15) is 23.4 Å². The van der Waals surface area contributed by atoms with Gasteiger partial charge in [-0.05, 0) is 0 Å². The average Bonchev–Trinajstić information content (AvgIpc) is 3.10. The van der Waals surface area contributed by atoms with E-state index >= 15 is 0 Å². The van der Waals surface area contributed by atoms with Gasteiger partial charge < -0.3 is 24.4 Å². The van der Waals surface area contributed by atoms with E-state index in [1.807, 2.05) is 0 Å². The van der Waals surface area contributed by atoms with E-state index in [0.29, 0.717) is 0 Å². The summed E-state index contributed by atoms with van der Waals surface area (Å²) in [5, 5.41) is 2.47. The quantitative estimate of drug-likeness (QED) is 0.353. The predicted octanol–water partition coefficient (Wildman–Crippen LogP) is -1.46. The molecule has 13 heteroatoms. The van der Waals surface area contributed by atoms with Gasteiger partial charge in [-0.1, -0.05) is 11.8 Å². The zero-order valence-electron chi connectivity index (χ0n) is 16.5. The van der Waals surface area contributed by atoms with Crippen LogP contribution in [0.4, 0.5) is 0 Å². The molecule has 0 aliphatic carbocycles. The molecule has 12 nitrogen and oxygen atoms in total. The number of carbonyl (C=O) groups is 1. The molecule has 2 unspecified atom stereocenters. The van der Waals surface area contributed by atoms with Crippen molar-refractivity contribution >= 4 is 13.5 Å². The van der Waals surface area contributed by atoms with Crippen molar-refractivity contribution in [1.82, 2.24) is 14.9 Å². The van der Waals surface area contributed by atoms with Crippen LogP contribution in [0.5, 0.6) is 0 Å². The van der Waals surface area contributed by atoms with Crippen molar-refractivity contribution in [3.8, 4) is 11.8 Å². The average molecular weight is 443 g/mol. The maximum absolute atomic E-state index is 12.4. The van der Waals surface area contributed by atoms with Crippen LogP contribution in [-0.4, -0.2) is 71.7 Å². The number of nitrogens with zero attached hydrogens (tertiary/aromatic N) is 1. The summed E-state index contributed by atoms with van der Waals surface area (Å²) >= 11 is 0. The summed E-state index contributed by atoms with van der Waals surface area (Å²) in [4.78, 5) is 47.2. The highest BCUT2D eigenvalue weighted by Crippen LogP contribution is 2.52. The molecule has 2 saturated heterocycles. The minimum Gasteiger partial charge on any atom is -0.381 e. The number of aromatic amines is 1. The zero-order chi connectivity index (χ0) is 22.1. The number of methoxy groups -OCH3 is 1. The Labute approximate surface area is 171 Å². The molecule has 0 radical (unpaired) electrons. The van der Waals surface area contributed by atoms with Crippen LogP contribution >= 0.6 is 7.60 Å². The standard InChI is InChI=1S/C17H22N3O9P/c1-10(21)18-6-4-5-11-7-20(16(23)19-14(11)22)15-12-13(29-30(3,24)25)17(28-15,8-26-2)9-27-12/h7,12-13,15H,6,8-9H2,1-3H3,(H,18,21)(H,24,25)(H,19,22,23)/t12-,13?,15+,17-/m0/s1. The zero-order valence-corrected chi connectivity index (χ0v) is 17.4. The van der Waals surface area contributed by atoms with Crippen LogP contribution < -0.4 is 16.6 Å². The normalized spacial score (nSPS) is 29.1. The Morgan fingerprint density at radius 1 is 1.53 bits per heavy atom. The van der Waals surface area contributed by atoms with E-state index in [9.17, 15) is 23.8 Å². The SMILES string of the molecule is COC[C@]12CO[C@@H](C1OP(C)(=O)O)[C@H](n1cc(C#CCNC(C)=O)c(=O)[nH]c1=O)O2. The number of carbonyl (C=O) groups excluding carboxylic acids is 1. The van der Waals surface area contributed by atoms with E-state index in [1.54, 1.807) is 0 Å². The molecule has 1 amide bonds. The van der Waals surface area contributed by atoms with Crippen LogP contribution in [0.25, 0.3) is 0 Å². The van der Waals surface area contributed by atoms with Crippen LogP contribution in [0, 0.1) is 11.8 Å². The van der Waals surface area contributed by atoms with Crippen molar-refractivity contribution in [3.63, 3.8) is 0 Å². The second-order valence-electron chi connectivity index (χ2n) is 7.03. The molecule has 0 aromatic carbocycles. The maximum Gasteiger partial charge on any atom is 0.330 e. The van der Waals surface area contributed by atoms with E-state index in [2.05, 4.69) is 22.1 Å². The Balaban J connectivity index is 1.95. The van der Waals surface area contributed by atoms with Gasteiger partial charge in [0.2, 0.25) is 5.91 Å². The lowest BCUT2D eigenvalue weighted by Gasteiger charge is -2.31. The molecule has 0 saturated carbocycles. The molecular weight excluding hydrogens is 421 g/mol. The van der Waals surface area contributed by atoms with Gasteiger partial charge in [-0.25, -0.2) is 4.79 Å². The third kappa shape index (κ3) is 4.57. The second-order valence-corrected chi connectivity index (χ2v) is 8.85. The van der Waals surface area contributed by atoms with Crippen molar-refractivity contribution in [2.75, 3.05) is 33.5 Å². The van der Waals surface area contributed by atoms with E-state index in [4.69, 9.17) is 18.7 Å². The van der Waals surface area contributed by atoms with Gasteiger partial charge in [-0.2, -0.15) is 0 Å². The van der Waals surface area contributed by atoms with Crippen molar-refractivity contribution in [3.05, 3.63) is 32.6 Å². The fourth-order valence-corrected chi connectivity index (χ4v) is 4.14. The highest BCUT2D eigenvalue weighted by atomic mass is 31.2. The summed E-state index contributed by atoms with van der Waals surface area (Å²) in [5.41, 5.74) is -2.72. The molecule has 3 rings (SSSR count). The molecular formula is C17H22N3O9P. The molecule has 164 valence electrons. The van der Waals surface area contributed by atoms with Crippen molar-refractivity contribution in [2.45, 2.75) is 31.0 Å². The number of aromatic nitrogens is 2. The number of fused-ring (bicyclic) bond motifs is 2. The highest BCUT2D eigenvalue weighted by molar-refractivity contribution is 7.51. The monoisotopic (exact) mass is 443 g/mol. The Morgan fingerprint density at radius 3 is 2.90 bits per heavy atom. The minimum absolute atomic E-state index is 0.00779. The molecule has 2 aliphatic rings. The lowest BCUT2D eigenvalue weighted by atomic mass is 10.0. The first-order chi connectivity index (χ1) is 14.1. The molecule has 0 spiro atoms. The molecule has 5 atom stereocenters. The Kier molecular flexibility index (Phi) is 6.33. The highest BCUT2D eigenvalue weighted by Gasteiger charge is 2.64. The Bertz CT molecular complexity index is 1050. The minimum atomic E-state index is -3.91. The van der Waals surface area contributed by atoms with Gasteiger partial charge in [-0.3, -0.25) is 28.2 Å². The van der Waals surface area contributed by atoms with Gasteiger partial charge in [0.05, 0.1) is 19.8 Å². The third-order valence-corrected chi connectivity index (χ3v) is 5.18. The van der Waals surface area contributed by atoms with Gasteiger partial charge >= 0.3 is 13.3 Å². The summed E-state index contributed by atoms with van der Waals surface area (Å²) in [6.45, 7) is 2.42. The van der Waals surface area contributed by atoms with E-state index in [-0.39, 0.29) is 31.2 Å². The molecule has 2 fully saturated rings. The van der Waals surface area contributed by atoms with Crippen molar-refractivity contribution in [1.29, 1.82) is 0 Å². The number of nitrogens with one attached hydrogen (secondary N) is 2. The van der Waals surface area contributed by atoms with E-state index in [1.165, 1.54) is 20.2 Å². The number of ether oxygens (including phenoxy) is 3. The number of rotatable bonds is 6. The first-order valence-corrected chi connectivity index (χ1v) is 10.9. The van der Waals surface area contributed by atoms with Gasteiger partial charge in [0.25, 0.3) is 5.56 Å². The van der Waals surface area contributed by atoms with E-state index in [0.717, 1.165) is 11.2 Å². The lowest BCUT2D eigenvalue weighted by molar-refractivity contribution is -0.190. The van der Waals surface area contributed by atoms with Gasteiger partial charge in [0.15, 0.2) is 6.23 Å². The molecule has 1 aromatic rings. The number of amides is 1. The molecule has 1 aromatic heterocycles. The van der Waals surface area contributed by atoms with Crippen LogP contribution in [0.3, 0.4) is 0 Å². The van der Waals surface area contributed by atoms with Crippen LogP contribution in [0.15, 0.2) is 15.8 Å². The topological polar surface area (TPSA) is 158 Å². The lowest BCUT2D eigenvalue weighted by Crippen LogP contribution is -2.46. The molecule has 3 N–H and O–H groups in total. The summed E-state index contributed by atoms with van der Waals surface area (Å²) in [6, 6.07) is 0. The first kappa shape index (κ1) is 22.4. The van der Waals surface area contributed by atoms with Crippen LogP contribution in [0.1, 0.15) is 18.7 Å². The summed E-state index contributed by atoms with van der Waals surface area (Å²) in [6.07, 6.45) is -1.72. The number of hydrogen-bond acceptors (Lipinski definition) is 8. The largest absolute Gasteiger partial charge is 0.381 e. The fraction of sp³-hybridized carbons (Fsp3) is 0.588. The summed E-state index contributed by atoms with van der Waals surface area (Å²) < 4.78 is 35.1. The summed E-state index contributed by atoms with van der Waals surface area (Å²) in [7, 11) is -2.48. The molecule has 2 aliphatic heterocycles. The van der Waals surface area contributed by atoms with Crippen molar-refractivity contribution in [2.24, 2.45) is 0 Å². The Hall–Kier alpha value is -2.26. The van der Waals surface area contributed by atoms with Crippen LogP contribution in [-0.2, 0) is 28.1 Å². The maximum atomic E-state index is 12.4. The second kappa shape index (κ2) is 8.47. The smallest absolute Gasteiger partial charge is 0.330 e. The van der Waals surface area contributed by atoms with Gasteiger partial charge in [-0.15, -0.1) is 0 Å². The number of hydrogen-bond donors (Lipinski definition) is 3.